The number of rotatable bonds is 3. The van der Waals surface area contributed by atoms with Crippen LogP contribution in [0.25, 0.3) is 0 Å². The number of nitrogens with two attached hydrogens (primary N) is 1. The van der Waals surface area contributed by atoms with Crippen molar-refractivity contribution in [3.63, 3.8) is 0 Å². The van der Waals surface area contributed by atoms with Gasteiger partial charge in [-0.2, -0.15) is 0 Å². The van der Waals surface area contributed by atoms with E-state index in [-0.39, 0.29) is 12.2 Å². The standard InChI is InChI=1S/C14H11BrClNO/c15-11-5-2-6-12(16)14(11)13(18)8-9-3-1-4-10(17)7-9/h1-7H,8,17H2. The van der Waals surface area contributed by atoms with Crippen molar-refractivity contribution in [2.24, 2.45) is 0 Å². The number of hydrogen-bond acceptors (Lipinski definition) is 2. The summed E-state index contributed by atoms with van der Waals surface area (Å²) >= 11 is 9.39. The molecule has 0 aliphatic rings. The zero-order chi connectivity index (χ0) is 13.1. The van der Waals surface area contributed by atoms with Gasteiger partial charge in [0, 0.05) is 16.6 Å². The smallest absolute Gasteiger partial charge is 0.169 e. The lowest BCUT2D eigenvalue weighted by Gasteiger charge is -2.06. The summed E-state index contributed by atoms with van der Waals surface area (Å²) in [6, 6.07) is 12.6. The predicted octanol–water partition coefficient (Wildman–Crippen LogP) is 4.11. The molecule has 0 spiro atoms. The van der Waals surface area contributed by atoms with Gasteiger partial charge in [0.1, 0.15) is 0 Å². The van der Waals surface area contributed by atoms with E-state index in [1.807, 2.05) is 12.1 Å². The molecule has 18 heavy (non-hydrogen) atoms. The molecule has 2 aromatic carbocycles. The summed E-state index contributed by atoms with van der Waals surface area (Å²) in [6.45, 7) is 0. The Morgan fingerprint density at radius 3 is 2.61 bits per heavy atom. The third-order valence-corrected chi connectivity index (χ3v) is 3.53. The quantitative estimate of drug-likeness (QED) is 0.682. The summed E-state index contributed by atoms with van der Waals surface area (Å²) < 4.78 is 0.712. The molecule has 2 N–H and O–H groups in total. The van der Waals surface area contributed by atoms with E-state index < -0.39 is 0 Å². The van der Waals surface area contributed by atoms with Crippen LogP contribution in [0.15, 0.2) is 46.9 Å². The van der Waals surface area contributed by atoms with Crippen LogP contribution < -0.4 is 5.73 Å². The monoisotopic (exact) mass is 323 g/mol. The second kappa shape index (κ2) is 5.55. The molecule has 0 unspecified atom stereocenters. The summed E-state index contributed by atoms with van der Waals surface area (Å²) in [6.07, 6.45) is 0.285. The van der Waals surface area contributed by atoms with Crippen molar-refractivity contribution >= 4 is 39.0 Å². The topological polar surface area (TPSA) is 43.1 Å². The van der Waals surface area contributed by atoms with Gasteiger partial charge in [0.05, 0.1) is 10.6 Å². The van der Waals surface area contributed by atoms with Crippen molar-refractivity contribution in [2.75, 3.05) is 5.73 Å². The summed E-state index contributed by atoms with van der Waals surface area (Å²) in [4.78, 5) is 12.2. The molecule has 92 valence electrons. The Morgan fingerprint density at radius 1 is 1.22 bits per heavy atom. The van der Waals surface area contributed by atoms with Crippen LogP contribution in [-0.2, 0) is 6.42 Å². The Kier molecular flexibility index (Phi) is 4.04. The molecular formula is C14H11BrClNO. The molecule has 4 heteroatoms. The third-order valence-electron chi connectivity index (χ3n) is 2.56. The van der Waals surface area contributed by atoms with Crippen LogP contribution in [0.2, 0.25) is 5.02 Å². The molecule has 0 saturated carbocycles. The fraction of sp³-hybridized carbons (Fsp3) is 0.0714. The summed E-state index contributed by atoms with van der Waals surface area (Å²) in [5, 5.41) is 0.457. The van der Waals surface area contributed by atoms with Crippen LogP contribution in [0.5, 0.6) is 0 Å². The average molecular weight is 325 g/mol. The molecule has 2 aromatic rings. The minimum absolute atomic E-state index is 0.0296. The van der Waals surface area contributed by atoms with Crippen LogP contribution in [0.1, 0.15) is 15.9 Å². The van der Waals surface area contributed by atoms with Crippen molar-refractivity contribution < 1.29 is 4.79 Å². The molecule has 0 amide bonds. The Labute approximate surface area is 119 Å². The first-order chi connectivity index (χ1) is 8.58. The number of benzene rings is 2. The van der Waals surface area contributed by atoms with Crippen LogP contribution in [0.4, 0.5) is 5.69 Å². The number of carbonyl (C=O) groups is 1. The molecule has 0 fully saturated rings. The van der Waals surface area contributed by atoms with Gasteiger partial charge in [-0.1, -0.05) is 29.8 Å². The molecule has 0 bridgehead atoms. The molecule has 0 aliphatic heterocycles. The van der Waals surface area contributed by atoms with Gasteiger partial charge in [0.15, 0.2) is 5.78 Å². The van der Waals surface area contributed by atoms with Gasteiger partial charge in [-0.25, -0.2) is 0 Å². The molecule has 0 saturated heterocycles. The van der Waals surface area contributed by atoms with Crippen molar-refractivity contribution in [1.82, 2.24) is 0 Å². The minimum atomic E-state index is -0.0296. The van der Waals surface area contributed by atoms with Crippen LogP contribution in [-0.4, -0.2) is 5.78 Å². The maximum Gasteiger partial charge on any atom is 0.169 e. The molecule has 0 atom stereocenters. The van der Waals surface area contributed by atoms with Gasteiger partial charge >= 0.3 is 0 Å². The maximum absolute atomic E-state index is 12.2. The zero-order valence-corrected chi connectivity index (χ0v) is 11.8. The van der Waals surface area contributed by atoms with Gasteiger partial charge in [0.2, 0.25) is 0 Å². The maximum atomic E-state index is 12.2. The van der Waals surface area contributed by atoms with E-state index in [1.165, 1.54) is 0 Å². The lowest BCUT2D eigenvalue weighted by atomic mass is 10.0. The van der Waals surface area contributed by atoms with E-state index >= 15 is 0 Å². The van der Waals surface area contributed by atoms with Gasteiger partial charge in [-0.05, 0) is 45.8 Å². The Hall–Kier alpha value is -1.32. The van der Waals surface area contributed by atoms with Crippen molar-refractivity contribution in [2.45, 2.75) is 6.42 Å². The van der Waals surface area contributed by atoms with E-state index in [0.717, 1.165) is 5.56 Å². The Balaban J connectivity index is 2.28. The average Bonchev–Trinajstić information content (AvgIpc) is 2.28. The summed E-state index contributed by atoms with van der Waals surface area (Å²) in [5.74, 6) is -0.0296. The highest BCUT2D eigenvalue weighted by Gasteiger charge is 2.14. The van der Waals surface area contributed by atoms with Crippen LogP contribution >= 0.6 is 27.5 Å². The molecule has 0 aliphatic carbocycles. The number of carbonyl (C=O) groups excluding carboxylic acids is 1. The fourth-order valence-corrected chi connectivity index (χ4v) is 2.72. The van der Waals surface area contributed by atoms with E-state index in [0.29, 0.717) is 20.7 Å². The normalized spacial score (nSPS) is 10.3. The lowest BCUT2D eigenvalue weighted by Crippen LogP contribution is -2.05. The third kappa shape index (κ3) is 2.92. The highest BCUT2D eigenvalue weighted by molar-refractivity contribution is 9.10. The zero-order valence-electron chi connectivity index (χ0n) is 9.49. The Bertz CT molecular complexity index is 578. The Morgan fingerprint density at radius 2 is 1.94 bits per heavy atom. The molecular weight excluding hydrogens is 314 g/mol. The SMILES string of the molecule is Nc1cccc(CC(=O)c2c(Cl)cccc2Br)c1. The second-order valence-electron chi connectivity index (χ2n) is 3.94. The van der Waals surface area contributed by atoms with Crippen molar-refractivity contribution in [3.8, 4) is 0 Å². The second-order valence-corrected chi connectivity index (χ2v) is 5.20. The first-order valence-corrected chi connectivity index (χ1v) is 6.56. The number of Topliss-reactive ketones (excluding diaryl/α,β-unsaturated/α-hetero) is 1. The van der Waals surface area contributed by atoms with Gasteiger partial charge in [-0.15, -0.1) is 0 Å². The van der Waals surface area contributed by atoms with Gasteiger partial charge < -0.3 is 5.73 Å². The van der Waals surface area contributed by atoms with Gasteiger partial charge in [0.25, 0.3) is 0 Å². The first-order valence-electron chi connectivity index (χ1n) is 5.39. The summed E-state index contributed by atoms with van der Waals surface area (Å²) in [5.41, 5.74) is 7.73. The molecule has 0 aromatic heterocycles. The molecule has 0 radical (unpaired) electrons. The number of nitrogen functional groups attached to an aromatic ring is 1. The largest absolute Gasteiger partial charge is 0.399 e. The lowest BCUT2D eigenvalue weighted by molar-refractivity contribution is 0.0992. The molecule has 2 rings (SSSR count). The predicted molar refractivity (Wildman–Crippen MR) is 78.0 cm³/mol. The van der Waals surface area contributed by atoms with Crippen LogP contribution in [0, 0.1) is 0 Å². The summed E-state index contributed by atoms with van der Waals surface area (Å²) in [7, 11) is 0. The highest BCUT2D eigenvalue weighted by Crippen LogP contribution is 2.26. The van der Waals surface area contributed by atoms with Gasteiger partial charge in [-0.3, -0.25) is 4.79 Å². The van der Waals surface area contributed by atoms with E-state index in [1.54, 1.807) is 30.3 Å². The number of anilines is 1. The molecule has 2 nitrogen and oxygen atoms in total. The van der Waals surface area contributed by atoms with Crippen molar-refractivity contribution in [1.29, 1.82) is 0 Å². The van der Waals surface area contributed by atoms with Crippen molar-refractivity contribution in [3.05, 3.63) is 63.1 Å². The minimum Gasteiger partial charge on any atom is -0.399 e. The first kappa shape index (κ1) is 13.1. The van der Waals surface area contributed by atoms with E-state index in [4.69, 9.17) is 17.3 Å². The number of halogens is 2. The molecule has 0 heterocycles. The number of ketones is 1. The van der Waals surface area contributed by atoms with E-state index in [9.17, 15) is 4.79 Å². The number of hydrogen-bond donors (Lipinski definition) is 1. The fourth-order valence-electron chi connectivity index (χ4n) is 1.74. The van der Waals surface area contributed by atoms with Crippen LogP contribution in [0.3, 0.4) is 0 Å². The van der Waals surface area contributed by atoms with E-state index in [2.05, 4.69) is 15.9 Å². The highest BCUT2D eigenvalue weighted by atomic mass is 79.9.